The lowest BCUT2D eigenvalue weighted by atomic mass is 10.2. The van der Waals surface area contributed by atoms with Crippen molar-refractivity contribution in [2.45, 2.75) is 6.04 Å². The maximum atomic E-state index is 11.3. The molecular formula is C12H13NO4. The van der Waals surface area contributed by atoms with Gasteiger partial charge < -0.3 is 9.47 Å². The van der Waals surface area contributed by atoms with Gasteiger partial charge in [0.2, 0.25) is 6.04 Å². The van der Waals surface area contributed by atoms with Crippen LogP contribution in [-0.2, 0) is 19.1 Å². The van der Waals surface area contributed by atoms with Gasteiger partial charge in [-0.2, -0.15) is 0 Å². The zero-order chi connectivity index (χ0) is 12.7. The fourth-order valence-corrected chi connectivity index (χ4v) is 1.14. The lowest BCUT2D eigenvalue weighted by Gasteiger charge is -2.07. The number of hydrogen-bond acceptors (Lipinski definition) is 5. The van der Waals surface area contributed by atoms with Crippen molar-refractivity contribution < 1.29 is 19.1 Å². The molecule has 0 saturated heterocycles. The normalized spacial score (nSPS) is 10.5. The molecule has 0 spiro atoms. The Labute approximate surface area is 99.1 Å². The molecule has 0 bridgehead atoms. The molecule has 0 aliphatic carbocycles. The third-order valence-corrected chi connectivity index (χ3v) is 2.02. The van der Waals surface area contributed by atoms with Gasteiger partial charge in [0, 0.05) is 6.21 Å². The number of carbonyl (C=O) groups is 2. The van der Waals surface area contributed by atoms with E-state index in [0.29, 0.717) is 0 Å². The smallest absolute Gasteiger partial charge is 0.342 e. The topological polar surface area (TPSA) is 65.0 Å². The van der Waals surface area contributed by atoms with Crippen LogP contribution in [0.2, 0.25) is 0 Å². The van der Waals surface area contributed by atoms with Crippen molar-refractivity contribution in [2.24, 2.45) is 4.99 Å². The standard InChI is InChI=1S/C12H13NO4/c1-16-11(14)10(12(15)17-2)13-8-9-6-4-3-5-7-9/h3-8,10H,1-2H3. The molecular weight excluding hydrogens is 222 g/mol. The summed E-state index contributed by atoms with van der Waals surface area (Å²) in [6.45, 7) is 0. The van der Waals surface area contributed by atoms with Gasteiger partial charge in [-0.25, -0.2) is 9.59 Å². The summed E-state index contributed by atoms with van der Waals surface area (Å²) in [6, 6.07) is 7.84. The number of nitrogens with zero attached hydrogens (tertiary/aromatic N) is 1. The first-order valence-electron chi connectivity index (χ1n) is 4.93. The van der Waals surface area contributed by atoms with Crippen LogP contribution in [0.4, 0.5) is 0 Å². The van der Waals surface area contributed by atoms with Crippen LogP contribution in [0, 0.1) is 0 Å². The summed E-state index contributed by atoms with van der Waals surface area (Å²) >= 11 is 0. The van der Waals surface area contributed by atoms with Gasteiger partial charge in [-0.1, -0.05) is 30.3 Å². The Morgan fingerprint density at radius 2 is 1.65 bits per heavy atom. The minimum atomic E-state index is -1.27. The average molecular weight is 235 g/mol. The molecule has 0 fully saturated rings. The van der Waals surface area contributed by atoms with Crippen LogP contribution in [-0.4, -0.2) is 38.4 Å². The monoisotopic (exact) mass is 235 g/mol. The van der Waals surface area contributed by atoms with Crippen LogP contribution >= 0.6 is 0 Å². The first kappa shape index (κ1) is 12.9. The molecule has 0 saturated carbocycles. The Morgan fingerprint density at radius 1 is 1.12 bits per heavy atom. The molecule has 1 aromatic rings. The number of rotatable bonds is 4. The number of hydrogen-bond donors (Lipinski definition) is 0. The number of carbonyl (C=O) groups excluding carboxylic acids is 2. The van der Waals surface area contributed by atoms with E-state index in [1.165, 1.54) is 20.4 Å². The number of benzene rings is 1. The van der Waals surface area contributed by atoms with Crippen molar-refractivity contribution in [3.05, 3.63) is 35.9 Å². The molecule has 90 valence electrons. The van der Waals surface area contributed by atoms with E-state index < -0.39 is 18.0 Å². The van der Waals surface area contributed by atoms with E-state index in [1.54, 1.807) is 12.1 Å². The van der Waals surface area contributed by atoms with Crippen LogP contribution in [0.5, 0.6) is 0 Å². The Balaban J connectivity index is 2.83. The highest BCUT2D eigenvalue weighted by atomic mass is 16.5. The highest BCUT2D eigenvalue weighted by Crippen LogP contribution is 2.00. The lowest BCUT2D eigenvalue weighted by Crippen LogP contribution is -2.30. The number of aliphatic imine (C=N–C) groups is 1. The molecule has 5 heteroatoms. The average Bonchev–Trinajstić information content (AvgIpc) is 2.39. The zero-order valence-corrected chi connectivity index (χ0v) is 9.62. The molecule has 0 aliphatic rings. The number of methoxy groups -OCH3 is 2. The van der Waals surface area contributed by atoms with Crippen molar-refractivity contribution in [1.82, 2.24) is 0 Å². The van der Waals surface area contributed by atoms with Crippen molar-refractivity contribution in [1.29, 1.82) is 0 Å². The van der Waals surface area contributed by atoms with E-state index in [-0.39, 0.29) is 0 Å². The SMILES string of the molecule is COC(=O)C(N=Cc1ccccc1)C(=O)OC. The summed E-state index contributed by atoms with van der Waals surface area (Å²) in [5, 5.41) is 0. The molecule has 17 heavy (non-hydrogen) atoms. The van der Waals surface area contributed by atoms with Crippen LogP contribution in [0.25, 0.3) is 0 Å². The van der Waals surface area contributed by atoms with Crippen LogP contribution in [0.1, 0.15) is 5.56 Å². The Bertz CT molecular complexity index is 398. The van der Waals surface area contributed by atoms with E-state index in [2.05, 4.69) is 14.5 Å². The molecule has 1 aromatic carbocycles. The van der Waals surface area contributed by atoms with Crippen molar-refractivity contribution in [3.8, 4) is 0 Å². The predicted molar refractivity (Wildman–Crippen MR) is 61.9 cm³/mol. The summed E-state index contributed by atoms with van der Waals surface area (Å²) in [5.41, 5.74) is 0.783. The van der Waals surface area contributed by atoms with Gasteiger partial charge in [0.25, 0.3) is 0 Å². The maximum Gasteiger partial charge on any atom is 0.342 e. The van der Waals surface area contributed by atoms with Gasteiger partial charge in [0.05, 0.1) is 14.2 Å². The van der Waals surface area contributed by atoms with Crippen LogP contribution in [0.3, 0.4) is 0 Å². The first-order chi connectivity index (χ1) is 8.19. The third-order valence-electron chi connectivity index (χ3n) is 2.02. The summed E-state index contributed by atoms with van der Waals surface area (Å²) in [5.74, 6) is -1.49. The summed E-state index contributed by atoms with van der Waals surface area (Å²) in [6.07, 6.45) is 1.43. The van der Waals surface area contributed by atoms with Gasteiger partial charge in [-0.3, -0.25) is 4.99 Å². The van der Waals surface area contributed by atoms with Gasteiger partial charge in [-0.05, 0) is 5.56 Å². The fraction of sp³-hybridized carbons (Fsp3) is 0.250. The second-order valence-electron chi connectivity index (χ2n) is 3.14. The molecule has 1 rings (SSSR count). The maximum absolute atomic E-state index is 11.3. The molecule has 0 N–H and O–H groups in total. The summed E-state index contributed by atoms with van der Waals surface area (Å²) < 4.78 is 8.94. The van der Waals surface area contributed by atoms with E-state index in [1.807, 2.05) is 18.2 Å². The molecule has 0 heterocycles. The Kier molecular flexibility index (Phi) is 4.87. The largest absolute Gasteiger partial charge is 0.467 e. The number of esters is 2. The minimum absolute atomic E-state index is 0.746. The molecule has 0 atom stereocenters. The molecule has 0 unspecified atom stereocenters. The van der Waals surface area contributed by atoms with Gasteiger partial charge in [0.1, 0.15) is 0 Å². The Hall–Kier alpha value is -2.17. The second kappa shape index (κ2) is 6.42. The highest BCUT2D eigenvalue weighted by molar-refractivity contribution is 6.01. The molecule has 0 radical (unpaired) electrons. The second-order valence-corrected chi connectivity index (χ2v) is 3.14. The van der Waals surface area contributed by atoms with Crippen LogP contribution in [0.15, 0.2) is 35.3 Å². The minimum Gasteiger partial charge on any atom is -0.467 e. The quantitative estimate of drug-likeness (QED) is 0.440. The van der Waals surface area contributed by atoms with Crippen LogP contribution < -0.4 is 0 Å². The highest BCUT2D eigenvalue weighted by Gasteiger charge is 2.27. The Morgan fingerprint density at radius 3 is 2.12 bits per heavy atom. The van der Waals surface area contributed by atoms with Crippen molar-refractivity contribution in [2.75, 3.05) is 14.2 Å². The predicted octanol–water partition coefficient (Wildman–Crippen LogP) is 0.820. The fourth-order valence-electron chi connectivity index (χ4n) is 1.14. The van der Waals surface area contributed by atoms with Gasteiger partial charge in [0.15, 0.2) is 0 Å². The zero-order valence-electron chi connectivity index (χ0n) is 9.62. The molecule has 0 aromatic heterocycles. The summed E-state index contributed by atoms with van der Waals surface area (Å²) in [4.78, 5) is 26.5. The molecule has 0 amide bonds. The molecule has 0 aliphatic heterocycles. The van der Waals surface area contributed by atoms with Gasteiger partial charge >= 0.3 is 11.9 Å². The van der Waals surface area contributed by atoms with Crippen molar-refractivity contribution >= 4 is 18.2 Å². The first-order valence-corrected chi connectivity index (χ1v) is 4.93. The van der Waals surface area contributed by atoms with Crippen molar-refractivity contribution in [3.63, 3.8) is 0 Å². The van der Waals surface area contributed by atoms with E-state index in [4.69, 9.17) is 0 Å². The van der Waals surface area contributed by atoms with Gasteiger partial charge in [-0.15, -0.1) is 0 Å². The number of ether oxygens (including phenoxy) is 2. The molecule has 5 nitrogen and oxygen atoms in total. The van der Waals surface area contributed by atoms with E-state index in [9.17, 15) is 9.59 Å². The van der Waals surface area contributed by atoms with E-state index in [0.717, 1.165) is 5.56 Å². The third kappa shape index (κ3) is 3.71. The van der Waals surface area contributed by atoms with E-state index >= 15 is 0 Å². The lowest BCUT2D eigenvalue weighted by molar-refractivity contribution is -0.153. The summed E-state index contributed by atoms with van der Waals surface area (Å²) in [7, 11) is 2.38.